The molecular formula is C14H18O4. The molecule has 1 N–H and O–H groups in total. The van der Waals surface area contributed by atoms with Gasteiger partial charge in [-0.15, -0.1) is 6.58 Å². The minimum absolute atomic E-state index is 0.276. The Morgan fingerprint density at radius 3 is 2.50 bits per heavy atom. The van der Waals surface area contributed by atoms with Crippen LogP contribution in [-0.2, 0) is 9.53 Å². The molecular weight excluding hydrogens is 232 g/mol. The van der Waals surface area contributed by atoms with Gasteiger partial charge in [-0.1, -0.05) is 18.2 Å². The van der Waals surface area contributed by atoms with Crippen molar-refractivity contribution in [1.82, 2.24) is 0 Å². The molecule has 0 amide bonds. The molecule has 0 heterocycles. The van der Waals surface area contributed by atoms with E-state index in [1.54, 1.807) is 38.3 Å². The van der Waals surface area contributed by atoms with Gasteiger partial charge in [-0.05, 0) is 24.6 Å². The van der Waals surface area contributed by atoms with Gasteiger partial charge in [-0.25, -0.2) is 0 Å². The van der Waals surface area contributed by atoms with E-state index in [1.165, 1.54) is 6.08 Å². The van der Waals surface area contributed by atoms with Crippen LogP contribution in [0.2, 0.25) is 0 Å². The predicted octanol–water partition coefficient (Wildman–Crippen LogP) is 2.09. The molecule has 0 unspecified atom stereocenters. The molecule has 4 heteroatoms. The molecule has 0 aromatic heterocycles. The number of carbonyl (C=O) groups is 1. The van der Waals surface area contributed by atoms with Gasteiger partial charge in [0.2, 0.25) is 0 Å². The monoisotopic (exact) mass is 250 g/mol. The molecule has 1 aromatic rings. The van der Waals surface area contributed by atoms with Crippen molar-refractivity contribution in [2.75, 3.05) is 13.7 Å². The Kier molecular flexibility index (Phi) is 5.39. The fourth-order valence-corrected chi connectivity index (χ4v) is 1.60. The molecule has 0 fully saturated rings. The number of hydrogen-bond acceptors (Lipinski definition) is 4. The average molecular weight is 250 g/mol. The number of benzene rings is 1. The van der Waals surface area contributed by atoms with Crippen LogP contribution in [0.25, 0.3) is 0 Å². The van der Waals surface area contributed by atoms with Gasteiger partial charge in [0, 0.05) is 0 Å². The third kappa shape index (κ3) is 3.34. The van der Waals surface area contributed by atoms with E-state index in [9.17, 15) is 9.90 Å². The number of carbonyl (C=O) groups excluding carboxylic acids is 1. The summed E-state index contributed by atoms with van der Waals surface area (Å²) >= 11 is 0. The molecule has 4 nitrogen and oxygen atoms in total. The molecule has 0 radical (unpaired) electrons. The van der Waals surface area contributed by atoms with E-state index < -0.39 is 18.0 Å². The van der Waals surface area contributed by atoms with Crippen molar-refractivity contribution in [2.45, 2.75) is 13.0 Å². The average Bonchev–Trinajstić information content (AvgIpc) is 2.40. The molecule has 0 bridgehead atoms. The lowest BCUT2D eigenvalue weighted by Gasteiger charge is -2.18. The highest BCUT2D eigenvalue weighted by molar-refractivity contribution is 5.75. The third-order valence-electron chi connectivity index (χ3n) is 2.61. The number of esters is 1. The molecule has 0 saturated heterocycles. The van der Waals surface area contributed by atoms with E-state index in [2.05, 4.69) is 6.58 Å². The summed E-state index contributed by atoms with van der Waals surface area (Å²) in [7, 11) is 1.57. The van der Waals surface area contributed by atoms with Crippen molar-refractivity contribution in [2.24, 2.45) is 5.92 Å². The normalized spacial score (nSPS) is 13.5. The molecule has 98 valence electrons. The summed E-state index contributed by atoms with van der Waals surface area (Å²) in [5, 5.41) is 10.1. The van der Waals surface area contributed by atoms with E-state index in [0.29, 0.717) is 11.3 Å². The van der Waals surface area contributed by atoms with Crippen LogP contribution in [0.3, 0.4) is 0 Å². The maximum atomic E-state index is 11.6. The zero-order valence-corrected chi connectivity index (χ0v) is 10.6. The summed E-state index contributed by atoms with van der Waals surface area (Å²) in [4.78, 5) is 11.6. The van der Waals surface area contributed by atoms with E-state index in [4.69, 9.17) is 9.47 Å². The zero-order chi connectivity index (χ0) is 13.5. The first kappa shape index (κ1) is 14.3. The smallest absolute Gasteiger partial charge is 0.315 e. The van der Waals surface area contributed by atoms with Crippen LogP contribution in [0, 0.1) is 5.92 Å². The molecule has 0 aliphatic rings. The molecule has 1 aromatic carbocycles. The standard InChI is InChI=1S/C14H18O4/c1-4-12(14(16)18-5-2)13(15)10-6-8-11(17-3)9-7-10/h4,6-9,12-13,15H,1,5H2,2-3H3/t12-,13-/m1/s1. The van der Waals surface area contributed by atoms with E-state index in [0.717, 1.165) is 0 Å². The van der Waals surface area contributed by atoms with Crippen molar-refractivity contribution in [3.63, 3.8) is 0 Å². The zero-order valence-electron chi connectivity index (χ0n) is 10.6. The Morgan fingerprint density at radius 1 is 1.44 bits per heavy atom. The maximum Gasteiger partial charge on any atom is 0.315 e. The number of aliphatic hydroxyl groups excluding tert-OH is 1. The second-order valence-corrected chi connectivity index (χ2v) is 3.73. The molecule has 1 rings (SSSR count). The van der Waals surface area contributed by atoms with Crippen LogP contribution >= 0.6 is 0 Å². The van der Waals surface area contributed by atoms with Crippen LogP contribution in [0.4, 0.5) is 0 Å². The van der Waals surface area contributed by atoms with Crippen molar-refractivity contribution in [3.05, 3.63) is 42.5 Å². The summed E-state index contributed by atoms with van der Waals surface area (Å²) in [5.41, 5.74) is 0.619. The first-order valence-corrected chi connectivity index (χ1v) is 5.75. The minimum Gasteiger partial charge on any atom is -0.497 e. The summed E-state index contributed by atoms with van der Waals surface area (Å²) in [6.07, 6.45) is 0.430. The molecule has 0 spiro atoms. The summed E-state index contributed by atoms with van der Waals surface area (Å²) in [5.74, 6) is -0.550. The van der Waals surface area contributed by atoms with Crippen LogP contribution < -0.4 is 4.74 Å². The Morgan fingerprint density at radius 2 is 2.06 bits per heavy atom. The van der Waals surface area contributed by atoms with Gasteiger partial charge in [0.15, 0.2) is 0 Å². The Balaban J connectivity index is 2.85. The second-order valence-electron chi connectivity index (χ2n) is 3.73. The lowest BCUT2D eigenvalue weighted by Crippen LogP contribution is -2.22. The predicted molar refractivity (Wildman–Crippen MR) is 68.3 cm³/mol. The van der Waals surface area contributed by atoms with Crippen LogP contribution in [0.15, 0.2) is 36.9 Å². The first-order chi connectivity index (χ1) is 8.63. The Hall–Kier alpha value is -1.81. The van der Waals surface area contributed by atoms with Crippen molar-refractivity contribution in [1.29, 1.82) is 0 Å². The SMILES string of the molecule is C=C[C@@H](C(=O)OCC)[C@H](O)c1ccc(OC)cc1. The van der Waals surface area contributed by atoms with E-state index >= 15 is 0 Å². The summed E-state index contributed by atoms with van der Waals surface area (Å²) < 4.78 is 9.92. The van der Waals surface area contributed by atoms with E-state index in [1.807, 2.05) is 0 Å². The Bertz CT molecular complexity index is 397. The second kappa shape index (κ2) is 6.81. The summed E-state index contributed by atoms with van der Waals surface area (Å²) in [6, 6.07) is 6.87. The van der Waals surface area contributed by atoms with Crippen molar-refractivity contribution in [3.8, 4) is 5.75 Å². The lowest BCUT2D eigenvalue weighted by molar-refractivity contribution is -0.149. The maximum absolute atomic E-state index is 11.6. The largest absolute Gasteiger partial charge is 0.497 e. The molecule has 2 atom stereocenters. The van der Waals surface area contributed by atoms with Crippen molar-refractivity contribution >= 4 is 5.97 Å². The molecule has 0 saturated carbocycles. The van der Waals surface area contributed by atoms with E-state index in [-0.39, 0.29) is 6.61 Å². The quantitative estimate of drug-likeness (QED) is 0.620. The van der Waals surface area contributed by atoms with Crippen LogP contribution in [0.1, 0.15) is 18.6 Å². The number of hydrogen-bond donors (Lipinski definition) is 1. The van der Waals surface area contributed by atoms with Gasteiger partial charge >= 0.3 is 5.97 Å². The molecule has 18 heavy (non-hydrogen) atoms. The number of rotatable bonds is 6. The number of ether oxygens (including phenoxy) is 2. The van der Waals surface area contributed by atoms with Gasteiger partial charge < -0.3 is 14.6 Å². The fraction of sp³-hybridized carbons (Fsp3) is 0.357. The van der Waals surface area contributed by atoms with Gasteiger partial charge in [0.05, 0.1) is 19.8 Å². The van der Waals surface area contributed by atoms with Crippen LogP contribution in [-0.4, -0.2) is 24.8 Å². The van der Waals surface area contributed by atoms with Gasteiger partial charge in [0.1, 0.15) is 11.7 Å². The molecule has 0 aliphatic heterocycles. The lowest BCUT2D eigenvalue weighted by atomic mass is 9.96. The first-order valence-electron chi connectivity index (χ1n) is 5.75. The third-order valence-corrected chi connectivity index (χ3v) is 2.61. The molecule has 0 aliphatic carbocycles. The van der Waals surface area contributed by atoms with Gasteiger partial charge in [-0.2, -0.15) is 0 Å². The Labute approximate surface area is 107 Å². The van der Waals surface area contributed by atoms with Crippen LogP contribution in [0.5, 0.6) is 5.75 Å². The minimum atomic E-state index is -0.965. The van der Waals surface area contributed by atoms with Gasteiger partial charge in [-0.3, -0.25) is 4.79 Å². The summed E-state index contributed by atoms with van der Waals surface area (Å²) in [6.45, 7) is 5.56. The highest BCUT2D eigenvalue weighted by Gasteiger charge is 2.26. The highest BCUT2D eigenvalue weighted by atomic mass is 16.5. The fourth-order valence-electron chi connectivity index (χ4n) is 1.60. The van der Waals surface area contributed by atoms with Crippen molar-refractivity contribution < 1.29 is 19.4 Å². The highest BCUT2D eigenvalue weighted by Crippen LogP contribution is 2.25. The number of methoxy groups -OCH3 is 1. The number of aliphatic hydroxyl groups is 1. The van der Waals surface area contributed by atoms with Gasteiger partial charge in [0.25, 0.3) is 0 Å². The topological polar surface area (TPSA) is 55.8 Å².